The van der Waals surface area contributed by atoms with Gasteiger partial charge in [0.05, 0.1) is 6.61 Å². The number of benzene rings is 2. The molecule has 0 amide bonds. The van der Waals surface area contributed by atoms with Gasteiger partial charge in [-0.25, -0.2) is 0 Å². The highest BCUT2D eigenvalue weighted by atomic mass is 16.5. The molecule has 2 rings (SSSR count). The summed E-state index contributed by atoms with van der Waals surface area (Å²) in [7, 11) is 0. The monoisotopic (exact) mass is 271 g/mol. The summed E-state index contributed by atoms with van der Waals surface area (Å²) in [4.78, 5) is 0. The molecular weight excluding hydrogens is 250 g/mol. The van der Waals surface area contributed by atoms with Crippen LogP contribution in [0.4, 0.5) is 0 Å². The number of hydrogen-bond acceptors (Lipinski definition) is 3. The summed E-state index contributed by atoms with van der Waals surface area (Å²) in [5, 5.41) is 9.20. The van der Waals surface area contributed by atoms with Crippen LogP contribution in [0.2, 0.25) is 0 Å². The molecule has 3 heteroatoms. The molecule has 20 heavy (non-hydrogen) atoms. The van der Waals surface area contributed by atoms with Crippen molar-refractivity contribution in [2.45, 2.75) is 25.5 Å². The molecule has 0 saturated carbocycles. The average molecular weight is 271 g/mol. The standard InChI is InChI=1S/C17H21NO2/c1-13(18)17(12-19)20-16-9-7-15(8-10-16)11-14-5-3-2-4-6-14/h2-10,13,17,19H,11-12,18H2,1H3. The highest BCUT2D eigenvalue weighted by Crippen LogP contribution is 2.17. The zero-order chi connectivity index (χ0) is 14.4. The Labute approximate surface area is 120 Å². The topological polar surface area (TPSA) is 55.5 Å². The van der Waals surface area contributed by atoms with Crippen molar-refractivity contribution < 1.29 is 9.84 Å². The molecule has 0 radical (unpaired) electrons. The molecule has 2 aromatic rings. The Hall–Kier alpha value is -1.84. The van der Waals surface area contributed by atoms with Gasteiger partial charge in [0.25, 0.3) is 0 Å². The van der Waals surface area contributed by atoms with Crippen molar-refractivity contribution in [2.24, 2.45) is 5.73 Å². The molecule has 0 heterocycles. The first-order valence-electron chi connectivity index (χ1n) is 6.85. The summed E-state index contributed by atoms with van der Waals surface area (Å²) in [6.07, 6.45) is 0.535. The van der Waals surface area contributed by atoms with Gasteiger partial charge in [-0.1, -0.05) is 42.5 Å². The van der Waals surface area contributed by atoms with E-state index in [1.54, 1.807) is 0 Å². The summed E-state index contributed by atoms with van der Waals surface area (Å²) in [6, 6.07) is 18.0. The predicted molar refractivity (Wildman–Crippen MR) is 80.8 cm³/mol. The normalized spacial score (nSPS) is 13.8. The van der Waals surface area contributed by atoms with Crippen molar-refractivity contribution in [3.63, 3.8) is 0 Å². The highest BCUT2D eigenvalue weighted by molar-refractivity contribution is 5.31. The number of aliphatic hydroxyl groups excluding tert-OH is 1. The lowest BCUT2D eigenvalue weighted by molar-refractivity contribution is 0.0991. The van der Waals surface area contributed by atoms with Crippen LogP contribution in [0, 0.1) is 0 Å². The molecule has 0 bridgehead atoms. The van der Waals surface area contributed by atoms with Gasteiger partial charge in [-0.2, -0.15) is 0 Å². The molecule has 2 unspecified atom stereocenters. The van der Waals surface area contributed by atoms with Crippen molar-refractivity contribution in [1.29, 1.82) is 0 Å². The van der Waals surface area contributed by atoms with Crippen molar-refractivity contribution in [1.82, 2.24) is 0 Å². The Bertz CT molecular complexity index is 508. The van der Waals surface area contributed by atoms with E-state index in [0.717, 1.165) is 12.2 Å². The van der Waals surface area contributed by atoms with Crippen molar-refractivity contribution in [3.05, 3.63) is 65.7 Å². The smallest absolute Gasteiger partial charge is 0.136 e. The van der Waals surface area contributed by atoms with E-state index in [-0.39, 0.29) is 18.8 Å². The van der Waals surface area contributed by atoms with Gasteiger partial charge in [-0.3, -0.25) is 0 Å². The third kappa shape index (κ3) is 4.08. The molecule has 0 fully saturated rings. The first-order valence-corrected chi connectivity index (χ1v) is 6.85. The SMILES string of the molecule is CC(N)C(CO)Oc1ccc(Cc2ccccc2)cc1. The van der Waals surface area contributed by atoms with Gasteiger partial charge in [0.15, 0.2) is 0 Å². The summed E-state index contributed by atoms with van der Waals surface area (Å²) >= 11 is 0. The van der Waals surface area contributed by atoms with Crippen LogP contribution in [0.25, 0.3) is 0 Å². The lowest BCUT2D eigenvalue weighted by Gasteiger charge is -2.20. The van der Waals surface area contributed by atoms with Gasteiger partial charge >= 0.3 is 0 Å². The van der Waals surface area contributed by atoms with E-state index in [1.165, 1.54) is 11.1 Å². The molecule has 0 aromatic heterocycles. The van der Waals surface area contributed by atoms with Crippen LogP contribution in [-0.4, -0.2) is 23.9 Å². The molecule has 3 N–H and O–H groups in total. The minimum Gasteiger partial charge on any atom is -0.486 e. The minimum atomic E-state index is -0.366. The Balaban J connectivity index is 1.99. The van der Waals surface area contributed by atoms with Crippen molar-refractivity contribution >= 4 is 0 Å². The zero-order valence-electron chi connectivity index (χ0n) is 11.7. The largest absolute Gasteiger partial charge is 0.486 e. The fraction of sp³-hybridized carbons (Fsp3) is 0.294. The van der Waals surface area contributed by atoms with E-state index in [4.69, 9.17) is 10.5 Å². The molecule has 0 aliphatic rings. The molecule has 0 aliphatic carbocycles. The summed E-state index contributed by atoms with van der Waals surface area (Å²) in [5.74, 6) is 0.734. The van der Waals surface area contributed by atoms with E-state index >= 15 is 0 Å². The lowest BCUT2D eigenvalue weighted by Crippen LogP contribution is -2.39. The van der Waals surface area contributed by atoms with Crippen LogP contribution in [0.15, 0.2) is 54.6 Å². The van der Waals surface area contributed by atoms with E-state index in [0.29, 0.717) is 0 Å². The first-order chi connectivity index (χ1) is 9.69. The van der Waals surface area contributed by atoms with Crippen LogP contribution in [0.1, 0.15) is 18.1 Å². The number of aliphatic hydroxyl groups is 1. The Morgan fingerprint density at radius 3 is 2.15 bits per heavy atom. The summed E-state index contributed by atoms with van der Waals surface area (Å²) in [6.45, 7) is 1.74. The average Bonchev–Trinajstić information content (AvgIpc) is 2.47. The zero-order valence-corrected chi connectivity index (χ0v) is 11.7. The van der Waals surface area contributed by atoms with Crippen LogP contribution >= 0.6 is 0 Å². The maximum Gasteiger partial charge on any atom is 0.136 e. The van der Waals surface area contributed by atoms with E-state index in [9.17, 15) is 5.11 Å². The van der Waals surface area contributed by atoms with Crippen molar-refractivity contribution in [2.75, 3.05) is 6.61 Å². The third-order valence-electron chi connectivity index (χ3n) is 3.23. The van der Waals surface area contributed by atoms with E-state index < -0.39 is 0 Å². The van der Waals surface area contributed by atoms with E-state index in [1.807, 2.05) is 49.4 Å². The van der Waals surface area contributed by atoms with Crippen LogP contribution < -0.4 is 10.5 Å². The van der Waals surface area contributed by atoms with Gasteiger partial charge in [0.1, 0.15) is 11.9 Å². The molecule has 0 aliphatic heterocycles. The highest BCUT2D eigenvalue weighted by Gasteiger charge is 2.14. The van der Waals surface area contributed by atoms with Gasteiger partial charge in [-0.05, 0) is 36.6 Å². The van der Waals surface area contributed by atoms with Crippen LogP contribution in [0.3, 0.4) is 0 Å². The Morgan fingerprint density at radius 2 is 1.60 bits per heavy atom. The summed E-state index contributed by atoms with van der Waals surface area (Å²) < 4.78 is 5.66. The lowest BCUT2D eigenvalue weighted by atomic mass is 10.1. The Morgan fingerprint density at radius 1 is 1.00 bits per heavy atom. The molecule has 3 nitrogen and oxygen atoms in total. The van der Waals surface area contributed by atoms with Crippen molar-refractivity contribution in [3.8, 4) is 5.75 Å². The number of nitrogens with two attached hydrogens (primary N) is 1. The quantitative estimate of drug-likeness (QED) is 0.848. The molecule has 2 aromatic carbocycles. The second-order valence-electron chi connectivity index (χ2n) is 5.00. The second kappa shape index (κ2) is 7.08. The first kappa shape index (κ1) is 14.6. The fourth-order valence-electron chi connectivity index (χ4n) is 2.00. The molecule has 106 valence electrons. The molecule has 0 spiro atoms. The van der Waals surface area contributed by atoms with Gasteiger partial charge in [0.2, 0.25) is 0 Å². The van der Waals surface area contributed by atoms with Gasteiger partial charge in [0, 0.05) is 6.04 Å². The maximum absolute atomic E-state index is 9.20. The number of hydrogen-bond donors (Lipinski definition) is 2. The second-order valence-corrected chi connectivity index (χ2v) is 5.00. The summed E-state index contributed by atoms with van der Waals surface area (Å²) in [5.41, 5.74) is 8.25. The molecule has 2 atom stereocenters. The minimum absolute atomic E-state index is 0.0799. The maximum atomic E-state index is 9.20. The molecular formula is C17H21NO2. The predicted octanol–water partition coefficient (Wildman–Crippen LogP) is 2.36. The fourth-order valence-corrected chi connectivity index (χ4v) is 2.00. The van der Waals surface area contributed by atoms with Gasteiger partial charge < -0.3 is 15.6 Å². The molecule has 0 saturated heterocycles. The Kier molecular flexibility index (Phi) is 5.16. The third-order valence-corrected chi connectivity index (χ3v) is 3.23. The number of rotatable bonds is 6. The van der Waals surface area contributed by atoms with Crippen LogP contribution in [-0.2, 0) is 6.42 Å². The van der Waals surface area contributed by atoms with Crippen LogP contribution in [0.5, 0.6) is 5.75 Å². The number of ether oxygens (including phenoxy) is 1. The van der Waals surface area contributed by atoms with E-state index in [2.05, 4.69) is 12.1 Å². The van der Waals surface area contributed by atoms with Gasteiger partial charge in [-0.15, -0.1) is 0 Å².